The average molecular weight is 180 g/mol. The van der Waals surface area contributed by atoms with Gasteiger partial charge in [-0.3, -0.25) is 0 Å². The summed E-state index contributed by atoms with van der Waals surface area (Å²) in [6, 6.07) is 0. The highest BCUT2D eigenvalue weighted by atomic mass is 19.3. The first-order chi connectivity index (χ1) is 5.70. The zero-order valence-electron chi connectivity index (χ0n) is 6.66. The molecule has 1 heterocycles. The monoisotopic (exact) mass is 180 g/mol. The number of hydrogen-bond donors (Lipinski definition) is 0. The summed E-state index contributed by atoms with van der Waals surface area (Å²) in [5, 5.41) is 0. The Bertz CT molecular complexity index is 171. The summed E-state index contributed by atoms with van der Waals surface area (Å²) in [5.41, 5.74) is 0. The first-order valence-electron chi connectivity index (χ1n) is 4.01. The van der Waals surface area contributed by atoms with Crippen molar-refractivity contribution in [3.8, 4) is 0 Å². The highest BCUT2D eigenvalue weighted by Gasteiger charge is 2.21. The Kier molecular flexibility index (Phi) is 3.59. The first-order valence-corrected chi connectivity index (χ1v) is 4.01. The summed E-state index contributed by atoms with van der Waals surface area (Å²) in [6.07, 6.45) is 0.0786. The van der Waals surface area contributed by atoms with Gasteiger partial charge in [-0.15, -0.1) is 0 Å². The van der Waals surface area contributed by atoms with E-state index in [4.69, 9.17) is 4.74 Å². The maximum absolute atomic E-state index is 12.2. The van der Waals surface area contributed by atoms with E-state index < -0.39 is 11.9 Å². The van der Waals surface area contributed by atoms with Crippen molar-refractivity contribution < 1.29 is 17.9 Å². The molecule has 0 N–H and O–H groups in total. The van der Waals surface area contributed by atoms with Crippen LogP contribution < -0.4 is 0 Å². The van der Waals surface area contributed by atoms with Gasteiger partial charge in [0, 0.05) is 6.42 Å². The van der Waals surface area contributed by atoms with Gasteiger partial charge in [-0.25, -0.2) is 4.39 Å². The molecule has 0 bridgehead atoms. The van der Waals surface area contributed by atoms with Crippen molar-refractivity contribution >= 4 is 0 Å². The van der Waals surface area contributed by atoms with Gasteiger partial charge in [0.05, 0.1) is 12.7 Å². The molecule has 0 aromatic heterocycles. The van der Waals surface area contributed by atoms with Gasteiger partial charge < -0.3 is 4.74 Å². The van der Waals surface area contributed by atoms with Crippen LogP contribution in [0.25, 0.3) is 0 Å². The molecule has 1 nitrogen and oxygen atoms in total. The van der Waals surface area contributed by atoms with Crippen molar-refractivity contribution in [3.63, 3.8) is 0 Å². The van der Waals surface area contributed by atoms with Crippen LogP contribution in [0.15, 0.2) is 11.9 Å². The number of halogens is 3. The Balaban J connectivity index is 1.97. The molecular formula is C8H11F3O. The second kappa shape index (κ2) is 4.50. The number of rotatable bonds is 5. The molecule has 0 aromatic rings. The third kappa shape index (κ3) is 3.76. The summed E-state index contributed by atoms with van der Waals surface area (Å²) in [4.78, 5) is 0. The highest BCUT2D eigenvalue weighted by molar-refractivity contribution is 4.90. The molecule has 0 saturated carbocycles. The Labute approximate surface area is 69.2 Å². The minimum absolute atomic E-state index is 0.144. The van der Waals surface area contributed by atoms with Crippen molar-refractivity contribution in [2.45, 2.75) is 31.8 Å². The molecule has 1 atom stereocenters. The van der Waals surface area contributed by atoms with E-state index in [1.165, 1.54) is 0 Å². The van der Waals surface area contributed by atoms with Crippen molar-refractivity contribution in [1.29, 1.82) is 0 Å². The summed E-state index contributed by atoms with van der Waals surface area (Å²) >= 11 is 0. The Hall–Kier alpha value is -0.510. The lowest BCUT2D eigenvalue weighted by Gasteiger charge is -1.95. The fraction of sp³-hybridized carbons (Fsp3) is 0.750. The maximum Gasteiger partial charge on any atom is 0.301 e. The second-order valence-electron chi connectivity index (χ2n) is 2.87. The van der Waals surface area contributed by atoms with Gasteiger partial charge in [-0.2, -0.15) is 8.78 Å². The summed E-state index contributed by atoms with van der Waals surface area (Å²) in [5.74, 6) is -1.27. The van der Waals surface area contributed by atoms with Crippen molar-refractivity contribution in [2.75, 3.05) is 6.61 Å². The normalized spacial score (nSPS) is 20.8. The van der Waals surface area contributed by atoms with Gasteiger partial charge in [-0.1, -0.05) is 6.42 Å². The lowest BCUT2D eigenvalue weighted by molar-refractivity contribution is 0.362. The van der Waals surface area contributed by atoms with Crippen LogP contribution in [-0.2, 0) is 4.74 Å². The molecule has 12 heavy (non-hydrogen) atoms. The van der Waals surface area contributed by atoms with Crippen molar-refractivity contribution in [2.24, 2.45) is 0 Å². The smallest absolute Gasteiger partial charge is 0.301 e. The first kappa shape index (κ1) is 9.58. The SMILES string of the molecule is FC(F)=C(F)CCCCC1CO1. The van der Waals surface area contributed by atoms with Crippen LogP contribution in [0.4, 0.5) is 13.2 Å². The second-order valence-corrected chi connectivity index (χ2v) is 2.87. The van der Waals surface area contributed by atoms with Crippen molar-refractivity contribution in [3.05, 3.63) is 11.9 Å². The van der Waals surface area contributed by atoms with Gasteiger partial charge >= 0.3 is 6.08 Å². The predicted octanol–water partition coefficient (Wildman–Crippen LogP) is 3.02. The van der Waals surface area contributed by atoms with E-state index in [2.05, 4.69) is 0 Å². The summed E-state index contributed by atoms with van der Waals surface area (Å²) in [6.45, 7) is 0.774. The topological polar surface area (TPSA) is 12.5 Å². The van der Waals surface area contributed by atoms with Gasteiger partial charge in [0.2, 0.25) is 0 Å². The van der Waals surface area contributed by atoms with E-state index in [1.54, 1.807) is 0 Å². The van der Waals surface area contributed by atoms with Crippen molar-refractivity contribution in [1.82, 2.24) is 0 Å². The predicted molar refractivity (Wildman–Crippen MR) is 38.6 cm³/mol. The van der Waals surface area contributed by atoms with E-state index in [9.17, 15) is 13.2 Å². The highest BCUT2D eigenvalue weighted by Crippen LogP contribution is 2.20. The molecule has 0 radical (unpaired) electrons. The molecule has 1 rings (SSSR count). The number of ether oxygens (including phenoxy) is 1. The molecule has 0 aromatic carbocycles. The Morgan fingerprint density at radius 1 is 1.25 bits per heavy atom. The molecule has 1 aliphatic rings. The van der Waals surface area contributed by atoms with Gasteiger partial charge in [0.15, 0.2) is 5.83 Å². The zero-order chi connectivity index (χ0) is 8.97. The third-order valence-corrected chi connectivity index (χ3v) is 1.78. The molecule has 0 aliphatic carbocycles. The van der Waals surface area contributed by atoms with E-state index in [0.29, 0.717) is 12.5 Å². The van der Waals surface area contributed by atoms with Gasteiger partial charge in [0.1, 0.15) is 0 Å². The third-order valence-electron chi connectivity index (χ3n) is 1.78. The molecular weight excluding hydrogens is 169 g/mol. The van der Waals surface area contributed by atoms with Crippen LogP contribution in [0.1, 0.15) is 25.7 Å². The molecule has 1 unspecified atom stereocenters. The van der Waals surface area contributed by atoms with Crippen LogP contribution in [0.3, 0.4) is 0 Å². The fourth-order valence-corrected chi connectivity index (χ4v) is 0.981. The largest absolute Gasteiger partial charge is 0.373 e. The minimum atomic E-state index is -2.18. The standard InChI is InChI=1S/C8H11F3O/c9-7(8(10)11)4-2-1-3-6-5-12-6/h6H,1-5H2. The minimum Gasteiger partial charge on any atom is -0.373 e. The maximum atomic E-state index is 12.2. The summed E-state index contributed by atoms with van der Waals surface area (Å²) < 4.78 is 40.1. The quantitative estimate of drug-likeness (QED) is 0.468. The molecule has 1 fully saturated rings. The van der Waals surface area contributed by atoms with E-state index in [1.807, 2.05) is 0 Å². The number of epoxide rings is 1. The molecule has 1 aliphatic heterocycles. The Morgan fingerprint density at radius 2 is 1.92 bits per heavy atom. The van der Waals surface area contributed by atoms with E-state index >= 15 is 0 Å². The molecule has 0 amide bonds. The lowest BCUT2D eigenvalue weighted by Crippen LogP contribution is -1.86. The molecule has 1 saturated heterocycles. The fourth-order valence-electron chi connectivity index (χ4n) is 0.981. The number of hydrogen-bond acceptors (Lipinski definition) is 1. The molecule has 4 heteroatoms. The summed E-state index contributed by atoms with van der Waals surface area (Å²) in [7, 11) is 0. The van der Waals surface area contributed by atoms with Gasteiger partial charge in [-0.05, 0) is 12.8 Å². The molecule has 70 valence electrons. The lowest BCUT2D eigenvalue weighted by atomic mass is 10.1. The van der Waals surface area contributed by atoms with Gasteiger partial charge in [0.25, 0.3) is 0 Å². The van der Waals surface area contributed by atoms with E-state index in [-0.39, 0.29) is 6.42 Å². The molecule has 0 spiro atoms. The van der Waals surface area contributed by atoms with Crippen LogP contribution in [0.2, 0.25) is 0 Å². The van der Waals surface area contributed by atoms with Crippen LogP contribution >= 0.6 is 0 Å². The average Bonchev–Trinajstić information content (AvgIpc) is 2.80. The number of allylic oxidation sites excluding steroid dienone is 1. The number of unbranched alkanes of at least 4 members (excludes halogenated alkanes) is 1. The zero-order valence-corrected chi connectivity index (χ0v) is 6.66. The van der Waals surface area contributed by atoms with Crippen LogP contribution in [0, 0.1) is 0 Å². The van der Waals surface area contributed by atoms with E-state index in [0.717, 1.165) is 19.4 Å². The Morgan fingerprint density at radius 3 is 2.42 bits per heavy atom. The van der Waals surface area contributed by atoms with Crippen LogP contribution in [-0.4, -0.2) is 12.7 Å². The van der Waals surface area contributed by atoms with Crippen LogP contribution in [0.5, 0.6) is 0 Å².